The molecule has 1 amide bonds. The van der Waals surface area contributed by atoms with Gasteiger partial charge in [-0.15, -0.1) is 0 Å². The molecule has 2 aliphatic rings. The molecule has 2 aromatic rings. The van der Waals surface area contributed by atoms with E-state index in [2.05, 4.69) is 5.32 Å². The lowest BCUT2D eigenvalue weighted by Crippen LogP contribution is -2.44. The third-order valence-electron chi connectivity index (χ3n) is 4.11. The third kappa shape index (κ3) is 2.03. The lowest BCUT2D eigenvalue weighted by Gasteiger charge is -2.38. The number of benzene rings is 2. The van der Waals surface area contributed by atoms with Crippen LogP contribution in [0.3, 0.4) is 0 Å². The fourth-order valence-electron chi connectivity index (χ4n) is 2.90. The highest BCUT2D eigenvalue weighted by molar-refractivity contribution is 6.02. The van der Waals surface area contributed by atoms with Crippen molar-refractivity contribution in [1.29, 1.82) is 0 Å². The zero-order valence-corrected chi connectivity index (χ0v) is 11.5. The Morgan fingerprint density at radius 2 is 1.76 bits per heavy atom. The van der Waals surface area contributed by atoms with Crippen molar-refractivity contribution in [3.63, 3.8) is 0 Å². The maximum absolute atomic E-state index is 12.8. The molecular weight excluding hydrogens is 264 g/mol. The number of carbonyl (C=O) groups is 1. The molecule has 2 N–H and O–H groups in total. The average Bonchev–Trinajstić information content (AvgIpc) is 3.32. The molecule has 1 aliphatic heterocycles. The molecule has 1 fully saturated rings. The van der Waals surface area contributed by atoms with Crippen LogP contribution in [0.5, 0.6) is 5.75 Å². The summed E-state index contributed by atoms with van der Waals surface area (Å²) in [5.41, 5.74) is 2.60. The van der Waals surface area contributed by atoms with Crippen LogP contribution in [0.4, 0.5) is 5.69 Å². The Labute approximate surface area is 123 Å². The van der Waals surface area contributed by atoms with Crippen LogP contribution in [0.1, 0.15) is 34.9 Å². The minimum atomic E-state index is -0.166. The molecule has 4 rings (SSSR count). The van der Waals surface area contributed by atoms with Gasteiger partial charge in [-0.05, 0) is 42.7 Å². The van der Waals surface area contributed by atoms with Crippen molar-refractivity contribution < 1.29 is 9.90 Å². The van der Waals surface area contributed by atoms with E-state index in [9.17, 15) is 9.90 Å². The highest BCUT2D eigenvalue weighted by atomic mass is 16.3. The SMILES string of the molecule is O=C1c2ccccc2N[C@H](c2ccc(O)cc2)N1C1CC1. The van der Waals surface area contributed by atoms with Gasteiger partial charge in [0.1, 0.15) is 11.9 Å². The molecule has 1 heterocycles. The molecule has 21 heavy (non-hydrogen) atoms. The first-order valence-electron chi connectivity index (χ1n) is 7.21. The standard InChI is InChI=1S/C17H16N2O2/c20-13-9-5-11(6-10-13)16-18-15-4-2-1-3-14(15)17(21)19(16)12-7-8-12/h1-6,9-10,12,16,18,20H,7-8H2/t16-/m0/s1. The van der Waals surface area contributed by atoms with Crippen molar-refractivity contribution in [2.24, 2.45) is 0 Å². The lowest BCUT2D eigenvalue weighted by molar-refractivity contribution is 0.0666. The molecule has 0 radical (unpaired) electrons. The molecule has 0 spiro atoms. The van der Waals surface area contributed by atoms with E-state index in [1.165, 1.54) is 0 Å². The Bertz CT molecular complexity index is 692. The van der Waals surface area contributed by atoms with E-state index in [1.807, 2.05) is 41.3 Å². The van der Waals surface area contributed by atoms with Crippen LogP contribution >= 0.6 is 0 Å². The quantitative estimate of drug-likeness (QED) is 0.888. The first-order chi connectivity index (χ1) is 10.2. The number of phenolic OH excluding ortho intramolecular Hbond substituents is 1. The fourth-order valence-corrected chi connectivity index (χ4v) is 2.90. The minimum Gasteiger partial charge on any atom is -0.508 e. The summed E-state index contributed by atoms with van der Waals surface area (Å²) in [6.45, 7) is 0. The number of amides is 1. The van der Waals surface area contributed by atoms with Gasteiger partial charge in [0.25, 0.3) is 5.91 Å². The molecule has 4 heteroatoms. The molecule has 0 aromatic heterocycles. The number of nitrogens with zero attached hydrogens (tertiary/aromatic N) is 1. The van der Waals surface area contributed by atoms with Crippen molar-refractivity contribution in [2.75, 3.05) is 5.32 Å². The van der Waals surface area contributed by atoms with Gasteiger partial charge >= 0.3 is 0 Å². The largest absolute Gasteiger partial charge is 0.508 e. The van der Waals surface area contributed by atoms with Gasteiger partial charge in [0, 0.05) is 11.7 Å². The number of carbonyl (C=O) groups excluding carboxylic acids is 1. The summed E-state index contributed by atoms with van der Waals surface area (Å²) in [5.74, 6) is 0.323. The van der Waals surface area contributed by atoms with Gasteiger partial charge in [0.2, 0.25) is 0 Å². The maximum atomic E-state index is 12.8. The van der Waals surface area contributed by atoms with Crippen molar-refractivity contribution in [1.82, 2.24) is 4.90 Å². The smallest absolute Gasteiger partial charge is 0.258 e. The highest BCUT2D eigenvalue weighted by Crippen LogP contribution is 2.40. The summed E-state index contributed by atoms with van der Waals surface area (Å²) < 4.78 is 0. The molecule has 0 unspecified atom stereocenters. The number of aromatic hydroxyl groups is 1. The van der Waals surface area contributed by atoms with E-state index in [4.69, 9.17) is 0 Å². The average molecular weight is 280 g/mol. The number of nitrogens with one attached hydrogen (secondary N) is 1. The highest BCUT2D eigenvalue weighted by Gasteiger charge is 2.41. The lowest BCUT2D eigenvalue weighted by atomic mass is 10.0. The fraction of sp³-hybridized carbons (Fsp3) is 0.235. The predicted octanol–water partition coefficient (Wildman–Crippen LogP) is 3.12. The van der Waals surface area contributed by atoms with Crippen molar-refractivity contribution in [3.8, 4) is 5.75 Å². The van der Waals surface area contributed by atoms with E-state index in [1.54, 1.807) is 12.1 Å². The molecule has 1 atom stereocenters. The van der Waals surface area contributed by atoms with Crippen LogP contribution in [-0.4, -0.2) is 22.0 Å². The summed E-state index contributed by atoms with van der Waals surface area (Å²) >= 11 is 0. The van der Waals surface area contributed by atoms with E-state index in [-0.39, 0.29) is 17.8 Å². The number of hydrogen-bond donors (Lipinski definition) is 2. The van der Waals surface area contributed by atoms with Crippen LogP contribution in [-0.2, 0) is 0 Å². The van der Waals surface area contributed by atoms with Crippen LogP contribution in [0.25, 0.3) is 0 Å². The molecule has 106 valence electrons. The molecule has 0 saturated heterocycles. The summed E-state index contributed by atoms with van der Waals surface area (Å²) in [6.07, 6.45) is 1.95. The van der Waals surface area contributed by atoms with Crippen LogP contribution in [0, 0.1) is 0 Å². The topological polar surface area (TPSA) is 52.6 Å². The minimum absolute atomic E-state index is 0.0879. The summed E-state index contributed by atoms with van der Waals surface area (Å²) in [4.78, 5) is 14.7. The summed E-state index contributed by atoms with van der Waals surface area (Å²) in [7, 11) is 0. The zero-order chi connectivity index (χ0) is 14.4. The monoisotopic (exact) mass is 280 g/mol. The number of para-hydroxylation sites is 1. The van der Waals surface area contributed by atoms with Crippen molar-refractivity contribution in [2.45, 2.75) is 25.0 Å². The second kappa shape index (κ2) is 4.52. The van der Waals surface area contributed by atoms with E-state index >= 15 is 0 Å². The predicted molar refractivity (Wildman–Crippen MR) is 80.1 cm³/mol. The van der Waals surface area contributed by atoms with Crippen molar-refractivity contribution >= 4 is 11.6 Å². The Balaban J connectivity index is 1.78. The number of phenols is 1. The molecule has 4 nitrogen and oxygen atoms in total. The molecular formula is C17H16N2O2. The Morgan fingerprint density at radius 3 is 2.48 bits per heavy atom. The molecule has 1 saturated carbocycles. The van der Waals surface area contributed by atoms with Gasteiger partial charge in [-0.1, -0.05) is 24.3 Å². The second-order valence-electron chi connectivity index (χ2n) is 5.63. The zero-order valence-electron chi connectivity index (χ0n) is 11.5. The van der Waals surface area contributed by atoms with Crippen LogP contribution < -0.4 is 5.32 Å². The van der Waals surface area contributed by atoms with Crippen LogP contribution in [0.15, 0.2) is 48.5 Å². The second-order valence-corrected chi connectivity index (χ2v) is 5.63. The normalized spacial score (nSPS) is 20.9. The first-order valence-corrected chi connectivity index (χ1v) is 7.21. The van der Waals surface area contributed by atoms with Crippen molar-refractivity contribution in [3.05, 3.63) is 59.7 Å². The van der Waals surface area contributed by atoms with Gasteiger partial charge in [0.15, 0.2) is 0 Å². The summed E-state index contributed by atoms with van der Waals surface area (Å²) in [5, 5.41) is 12.9. The van der Waals surface area contributed by atoms with Gasteiger partial charge in [-0.3, -0.25) is 4.79 Å². The number of rotatable bonds is 2. The Morgan fingerprint density at radius 1 is 1.05 bits per heavy atom. The molecule has 1 aliphatic carbocycles. The number of fused-ring (bicyclic) bond motifs is 1. The van der Waals surface area contributed by atoms with E-state index in [0.717, 1.165) is 29.7 Å². The number of anilines is 1. The summed E-state index contributed by atoms with van der Waals surface area (Å²) in [6, 6.07) is 15.0. The molecule has 2 aromatic carbocycles. The number of hydrogen-bond acceptors (Lipinski definition) is 3. The maximum Gasteiger partial charge on any atom is 0.258 e. The Hall–Kier alpha value is -2.49. The van der Waals surface area contributed by atoms with Gasteiger partial charge in [0.05, 0.1) is 5.56 Å². The van der Waals surface area contributed by atoms with E-state index < -0.39 is 0 Å². The third-order valence-corrected chi connectivity index (χ3v) is 4.11. The van der Waals surface area contributed by atoms with Crippen LogP contribution in [0.2, 0.25) is 0 Å². The Kier molecular flexibility index (Phi) is 2.64. The van der Waals surface area contributed by atoms with Gasteiger partial charge < -0.3 is 15.3 Å². The molecule has 0 bridgehead atoms. The first kappa shape index (κ1) is 12.3. The van der Waals surface area contributed by atoms with Gasteiger partial charge in [-0.2, -0.15) is 0 Å². The van der Waals surface area contributed by atoms with E-state index in [0.29, 0.717) is 6.04 Å². The van der Waals surface area contributed by atoms with Gasteiger partial charge in [-0.25, -0.2) is 0 Å².